The number of nitrogens with two attached hydrogens (primary N) is 1. The summed E-state index contributed by atoms with van der Waals surface area (Å²) in [6.07, 6.45) is 8.09. The minimum absolute atomic E-state index is 0.605. The van der Waals surface area contributed by atoms with Crippen LogP contribution >= 0.6 is 0 Å². The van der Waals surface area contributed by atoms with E-state index in [-0.39, 0.29) is 0 Å². The Morgan fingerprint density at radius 2 is 1.67 bits per heavy atom. The Balaban J connectivity index is 1.71. The zero-order chi connectivity index (χ0) is 14.7. The summed E-state index contributed by atoms with van der Waals surface area (Å²) in [5, 5.41) is 0. The lowest BCUT2D eigenvalue weighted by molar-refractivity contribution is 0.170. The first-order valence-corrected chi connectivity index (χ1v) is 8.12. The Hall–Kier alpha value is -1.42. The van der Waals surface area contributed by atoms with Crippen LogP contribution in [0.2, 0.25) is 0 Å². The molecule has 21 heavy (non-hydrogen) atoms. The Morgan fingerprint density at radius 1 is 1.05 bits per heavy atom. The highest BCUT2D eigenvalue weighted by Gasteiger charge is 2.20. The fourth-order valence-electron chi connectivity index (χ4n) is 3.38. The number of anilines is 1. The van der Waals surface area contributed by atoms with Gasteiger partial charge in [0.2, 0.25) is 0 Å². The van der Waals surface area contributed by atoms with Gasteiger partial charge in [-0.15, -0.1) is 0 Å². The predicted molar refractivity (Wildman–Crippen MR) is 84.8 cm³/mol. The average Bonchev–Trinajstić information content (AvgIpc) is 2.77. The SMILES string of the molecule is CN(Cc1cc2c(cc1N)OCCO2)C1CCCCCC1. The second-order valence-corrected chi connectivity index (χ2v) is 6.26. The molecule has 3 rings (SSSR count). The third-order valence-corrected chi connectivity index (χ3v) is 4.67. The van der Waals surface area contributed by atoms with E-state index >= 15 is 0 Å². The second kappa shape index (κ2) is 6.56. The Kier molecular flexibility index (Phi) is 4.54. The van der Waals surface area contributed by atoms with Crippen LogP contribution in [0, 0.1) is 0 Å². The van der Waals surface area contributed by atoms with Gasteiger partial charge in [-0.3, -0.25) is 4.90 Å². The van der Waals surface area contributed by atoms with E-state index in [1.165, 1.54) is 38.5 Å². The molecule has 1 aliphatic heterocycles. The van der Waals surface area contributed by atoms with Gasteiger partial charge in [0.25, 0.3) is 0 Å². The van der Waals surface area contributed by atoms with Crippen LogP contribution in [0.1, 0.15) is 44.1 Å². The summed E-state index contributed by atoms with van der Waals surface area (Å²) in [6, 6.07) is 4.64. The van der Waals surface area contributed by atoms with Crippen LogP contribution < -0.4 is 15.2 Å². The van der Waals surface area contributed by atoms with Crippen molar-refractivity contribution >= 4 is 5.69 Å². The van der Waals surface area contributed by atoms with Crippen molar-refractivity contribution in [3.8, 4) is 11.5 Å². The van der Waals surface area contributed by atoms with Gasteiger partial charge in [-0.2, -0.15) is 0 Å². The van der Waals surface area contributed by atoms with Crippen LogP contribution in [0.4, 0.5) is 5.69 Å². The minimum atomic E-state index is 0.605. The number of benzene rings is 1. The van der Waals surface area contributed by atoms with E-state index in [1.54, 1.807) is 0 Å². The van der Waals surface area contributed by atoms with E-state index in [1.807, 2.05) is 6.07 Å². The lowest BCUT2D eigenvalue weighted by Gasteiger charge is -2.28. The highest BCUT2D eigenvalue weighted by Crippen LogP contribution is 2.35. The van der Waals surface area contributed by atoms with Crippen LogP contribution in [-0.4, -0.2) is 31.2 Å². The van der Waals surface area contributed by atoms with Gasteiger partial charge in [0.05, 0.1) is 0 Å². The molecular weight excluding hydrogens is 264 g/mol. The fraction of sp³-hybridized carbons (Fsp3) is 0.647. The van der Waals surface area contributed by atoms with Crippen LogP contribution in [0.5, 0.6) is 11.5 Å². The van der Waals surface area contributed by atoms with Crippen molar-refractivity contribution in [3.63, 3.8) is 0 Å². The van der Waals surface area contributed by atoms with Crippen molar-refractivity contribution in [2.75, 3.05) is 26.0 Å². The minimum Gasteiger partial charge on any atom is -0.486 e. The summed E-state index contributed by atoms with van der Waals surface area (Å²) < 4.78 is 11.2. The average molecular weight is 290 g/mol. The van der Waals surface area contributed by atoms with Crippen LogP contribution in [0.25, 0.3) is 0 Å². The van der Waals surface area contributed by atoms with Crippen molar-refractivity contribution < 1.29 is 9.47 Å². The largest absolute Gasteiger partial charge is 0.486 e. The van der Waals surface area contributed by atoms with E-state index in [0.29, 0.717) is 19.3 Å². The third-order valence-electron chi connectivity index (χ3n) is 4.67. The van der Waals surface area contributed by atoms with Crippen molar-refractivity contribution in [2.24, 2.45) is 0 Å². The summed E-state index contributed by atoms with van der Waals surface area (Å²) in [6.45, 7) is 2.11. The smallest absolute Gasteiger partial charge is 0.163 e. The summed E-state index contributed by atoms with van der Waals surface area (Å²) in [7, 11) is 2.21. The highest BCUT2D eigenvalue weighted by atomic mass is 16.6. The summed E-state index contributed by atoms with van der Waals surface area (Å²) in [5.41, 5.74) is 8.14. The first-order chi connectivity index (χ1) is 10.2. The Bertz CT molecular complexity index is 482. The van der Waals surface area contributed by atoms with Crippen LogP contribution in [0.3, 0.4) is 0 Å². The Morgan fingerprint density at radius 3 is 2.33 bits per heavy atom. The molecule has 2 N–H and O–H groups in total. The number of hydrogen-bond acceptors (Lipinski definition) is 4. The number of ether oxygens (including phenoxy) is 2. The summed E-state index contributed by atoms with van der Waals surface area (Å²) >= 11 is 0. The van der Waals surface area contributed by atoms with E-state index in [4.69, 9.17) is 15.2 Å². The van der Waals surface area contributed by atoms with Gasteiger partial charge < -0.3 is 15.2 Å². The standard InChI is InChI=1S/C17H26N2O2/c1-19(14-6-4-2-3-5-7-14)12-13-10-16-17(11-15(13)18)21-9-8-20-16/h10-11,14H,2-9,12,18H2,1H3. The molecule has 116 valence electrons. The van der Waals surface area contributed by atoms with Gasteiger partial charge in [0.1, 0.15) is 13.2 Å². The lowest BCUT2D eigenvalue weighted by Crippen LogP contribution is -2.31. The molecule has 2 aliphatic rings. The number of rotatable bonds is 3. The number of nitrogen functional groups attached to an aromatic ring is 1. The molecular formula is C17H26N2O2. The molecule has 1 saturated carbocycles. The zero-order valence-corrected chi connectivity index (χ0v) is 12.9. The number of nitrogens with zero attached hydrogens (tertiary/aromatic N) is 1. The topological polar surface area (TPSA) is 47.7 Å². The molecule has 1 aliphatic carbocycles. The van der Waals surface area contributed by atoms with Gasteiger partial charge in [0.15, 0.2) is 11.5 Å². The molecule has 4 heteroatoms. The molecule has 0 aromatic heterocycles. The molecule has 0 spiro atoms. The monoisotopic (exact) mass is 290 g/mol. The third kappa shape index (κ3) is 3.43. The zero-order valence-electron chi connectivity index (χ0n) is 12.9. The first-order valence-electron chi connectivity index (χ1n) is 8.12. The first kappa shape index (κ1) is 14.5. The second-order valence-electron chi connectivity index (χ2n) is 6.26. The van der Waals surface area contributed by atoms with Gasteiger partial charge in [0, 0.05) is 24.3 Å². The fourth-order valence-corrected chi connectivity index (χ4v) is 3.38. The van der Waals surface area contributed by atoms with Crippen molar-refractivity contribution in [3.05, 3.63) is 17.7 Å². The van der Waals surface area contributed by atoms with Crippen LogP contribution in [-0.2, 0) is 6.54 Å². The predicted octanol–water partition coefficient (Wildman–Crippen LogP) is 3.19. The molecule has 0 amide bonds. The van der Waals surface area contributed by atoms with E-state index in [2.05, 4.69) is 18.0 Å². The van der Waals surface area contributed by atoms with Crippen molar-refractivity contribution in [1.29, 1.82) is 0 Å². The quantitative estimate of drug-likeness (QED) is 0.686. The number of hydrogen-bond donors (Lipinski definition) is 1. The van der Waals surface area contributed by atoms with Crippen LogP contribution in [0.15, 0.2) is 12.1 Å². The van der Waals surface area contributed by atoms with Gasteiger partial charge >= 0.3 is 0 Å². The maximum atomic E-state index is 6.19. The molecule has 0 bridgehead atoms. The molecule has 0 saturated heterocycles. The van der Waals surface area contributed by atoms with Gasteiger partial charge in [-0.25, -0.2) is 0 Å². The lowest BCUT2D eigenvalue weighted by atomic mass is 10.1. The number of fused-ring (bicyclic) bond motifs is 1. The van der Waals surface area contributed by atoms with E-state index < -0.39 is 0 Å². The molecule has 1 heterocycles. The van der Waals surface area contributed by atoms with Gasteiger partial charge in [-0.05, 0) is 31.5 Å². The Labute approximate surface area is 127 Å². The molecule has 4 nitrogen and oxygen atoms in total. The maximum Gasteiger partial charge on any atom is 0.163 e. The summed E-state index contributed by atoms with van der Waals surface area (Å²) in [4.78, 5) is 2.45. The molecule has 1 fully saturated rings. The maximum absolute atomic E-state index is 6.19. The normalized spacial score (nSPS) is 19.5. The molecule has 0 unspecified atom stereocenters. The van der Waals surface area contributed by atoms with E-state index in [0.717, 1.165) is 29.3 Å². The molecule has 1 aromatic carbocycles. The van der Waals surface area contributed by atoms with Crippen molar-refractivity contribution in [1.82, 2.24) is 4.90 Å². The van der Waals surface area contributed by atoms with Gasteiger partial charge in [-0.1, -0.05) is 25.7 Å². The molecule has 1 aromatic rings. The molecule has 0 atom stereocenters. The molecule has 0 radical (unpaired) electrons. The van der Waals surface area contributed by atoms with E-state index in [9.17, 15) is 0 Å². The highest BCUT2D eigenvalue weighted by molar-refractivity contribution is 5.58. The summed E-state index contributed by atoms with van der Waals surface area (Å²) in [5.74, 6) is 1.61. The van der Waals surface area contributed by atoms with Crippen molar-refractivity contribution in [2.45, 2.75) is 51.1 Å².